The molecule has 1 saturated carbocycles. The number of amides is 1. The van der Waals surface area contributed by atoms with Crippen LogP contribution in [-0.4, -0.2) is 66.0 Å². The summed E-state index contributed by atoms with van der Waals surface area (Å²) in [4.78, 5) is 43.2. The third-order valence-corrected chi connectivity index (χ3v) is 9.23. The lowest BCUT2D eigenvalue weighted by Crippen LogP contribution is -2.62. The van der Waals surface area contributed by atoms with Crippen LogP contribution in [0.25, 0.3) is 10.8 Å². The van der Waals surface area contributed by atoms with Crippen molar-refractivity contribution < 1.29 is 23.9 Å². The van der Waals surface area contributed by atoms with Gasteiger partial charge in [0, 0.05) is 62.8 Å². The van der Waals surface area contributed by atoms with Gasteiger partial charge in [-0.05, 0) is 65.9 Å². The summed E-state index contributed by atoms with van der Waals surface area (Å²) in [6.07, 6.45) is 3.60. The molecule has 0 spiro atoms. The maximum atomic E-state index is 14.4. The van der Waals surface area contributed by atoms with E-state index in [0.29, 0.717) is 30.7 Å². The van der Waals surface area contributed by atoms with Gasteiger partial charge in [0.1, 0.15) is 11.9 Å². The van der Waals surface area contributed by atoms with E-state index in [2.05, 4.69) is 31.4 Å². The molecule has 7 heteroatoms. The Hall–Kier alpha value is -3.97. The SMILES string of the molecule is C=CCN1CC[C@@]2(c3cccc(OC(C)=O)c3)C[C@@H](N(CC(C)C)C(=O)c3ccc4ccccc4c3)CC(OC(C)=O)[C@@H]2C1. The number of fused-ring (bicyclic) bond motifs is 2. The summed E-state index contributed by atoms with van der Waals surface area (Å²) in [5.74, 6) is 0.00906. The Morgan fingerprint density at radius 1 is 1.02 bits per heavy atom. The number of hydrogen-bond donors (Lipinski definition) is 0. The van der Waals surface area contributed by atoms with Crippen molar-refractivity contribution in [3.05, 3.63) is 90.5 Å². The van der Waals surface area contributed by atoms with Crippen LogP contribution in [0.1, 0.15) is 62.9 Å². The van der Waals surface area contributed by atoms with Crippen LogP contribution in [0.2, 0.25) is 0 Å². The van der Waals surface area contributed by atoms with E-state index >= 15 is 0 Å². The predicted octanol–water partition coefficient (Wildman–Crippen LogP) is 6.40. The smallest absolute Gasteiger partial charge is 0.308 e. The van der Waals surface area contributed by atoms with Crippen molar-refractivity contribution in [1.29, 1.82) is 0 Å². The first kappa shape index (κ1) is 31.5. The molecule has 232 valence electrons. The van der Waals surface area contributed by atoms with E-state index in [0.717, 1.165) is 42.4 Å². The van der Waals surface area contributed by atoms with E-state index in [1.54, 1.807) is 6.07 Å². The predicted molar refractivity (Wildman–Crippen MR) is 173 cm³/mol. The van der Waals surface area contributed by atoms with Crippen LogP contribution in [0.15, 0.2) is 79.4 Å². The zero-order chi connectivity index (χ0) is 31.4. The number of piperidine rings is 1. The van der Waals surface area contributed by atoms with E-state index < -0.39 is 11.5 Å². The van der Waals surface area contributed by atoms with Crippen molar-refractivity contribution in [2.24, 2.45) is 11.8 Å². The molecule has 0 N–H and O–H groups in total. The lowest BCUT2D eigenvalue weighted by molar-refractivity contribution is -0.159. The first-order valence-electron chi connectivity index (χ1n) is 15.7. The molecule has 1 amide bonds. The molecule has 1 unspecified atom stereocenters. The molecule has 3 aromatic carbocycles. The van der Waals surface area contributed by atoms with Crippen molar-refractivity contribution in [1.82, 2.24) is 9.80 Å². The van der Waals surface area contributed by atoms with E-state index in [-0.39, 0.29) is 35.7 Å². The molecule has 1 saturated heterocycles. The normalized spacial score (nSPS) is 23.5. The molecule has 5 rings (SSSR count). The molecule has 44 heavy (non-hydrogen) atoms. The second-order valence-corrected chi connectivity index (χ2v) is 12.8. The highest BCUT2D eigenvalue weighted by molar-refractivity contribution is 5.98. The highest BCUT2D eigenvalue weighted by Gasteiger charge is 2.54. The zero-order valence-corrected chi connectivity index (χ0v) is 26.3. The van der Waals surface area contributed by atoms with Gasteiger partial charge in [-0.15, -0.1) is 6.58 Å². The molecule has 7 nitrogen and oxygen atoms in total. The Labute approximate surface area is 260 Å². The summed E-state index contributed by atoms with van der Waals surface area (Å²) in [6, 6.07) is 21.6. The summed E-state index contributed by atoms with van der Waals surface area (Å²) in [6.45, 7) is 14.0. The minimum Gasteiger partial charge on any atom is -0.462 e. The van der Waals surface area contributed by atoms with Crippen LogP contribution in [-0.2, 0) is 19.7 Å². The van der Waals surface area contributed by atoms with Crippen molar-refractivity contribution in [3.63, 3.8) is 0 Å². The van der Waals surface area contributed by atoms with Crippen molar-refractivity contribution >= 4 is 28.6 Å². The number of carbonyl (C=O) groups excluding carboxylic acids is 3. The van der Waals surface area contributed by atoms with Gasteiger partial charge in [-0.25, -0.2) is 0 Å². The molecule has 1 aliphatic heterocycles. The largest absolute Gasteiger partial charge is 0.462 e. The third-order valence-electron chi connectivity index (χ3n) is 9.23. The number of esters is 2. The van der Waals surface area contributed by atoms with Crippen molar-refractivity contribution in [2.45, 2.75) is 64.5 Å². The van der Waals surface area contributed by atoms with Crippen LogP contribution in [0.4, 0.5) is 0 Å². The number of hydrogen-bond acceptors (Lipinski definition) is 6. The fraction of sp³-hybridized carbons (Fsp3) is 0.432. The summed E-state index contributed by atoms with van der Waals surface area (Å²) in [5.41, 5.74) is 1.29. The van der Waals surface area contributed by atoms with Crippen LogP contribution in [0, 0.1) is 11.8 Å². The molecular formula is C37H44N2O5. The molecule has 2 fully saturated rings. The van der Waals surface area contributed by atoms with Gasteiger partial charge < -0.3 is 14.4 Å². The number of likely N-dealkylation sites (tertiary alicyclic amines) is 1. The Morgan fingerprint density at radius 3 is 2.50 bits per heavy atom. The van der Waals surface area contributed by atoms with E-state index in [1.165, 1.54) is 13.8 Å². The lowest BCUT2D eigenvalue weighted by Gasteiger charge is -2.56. The van der Waals surface area contributed by atoms with Gasteiger partial charge in [0.15, 0.2) is 0 Å². The molecule has 0 radical (unpaired) electrons. The van der Waals surface area contributed by atoms with Gasteiger partial charge in [0.2, 0.25) is 0 Å². The summed E-state index contributed by atoms with van der Waals surface area (Å²) in [7, 11) is 0. The van der Waals surface area contributed by atoms with Gasteiger partial charge in [0.25, 0.3) is 5.91 Å². The Balaban J connectivity index is 1.60. The summed E-state index contributed by atoms with van der Waals surface area (Å²) >= 11 is 0. The molecular weight excluding hydrogens is 552 g/mol. The second kappa shape index (κ2) is 13.3. The highest BCUT2D eigenvalue weighted by atomic mass is 16.5. The molecule has 1 heterocycles. The van der Waals surface area contributed by atoms with Crippen LogP contribution < -0.4 is 4.74 Å². The Kier molecular flexibility index (Phi) is 9.54. The monoisotopic (exact) mass is 596 g/mol. The van der Waals surface area contributed by atoms with Crippen LogP contribution in [0.5, 0.6) is 5.75 Å². The van der Waals surface area contributed by atoms with Gasteiger partial charge in [-0.1, -0.05) is 62.4 Å². The molecule has 0 bridgehead atoms. The number of nitrogens with zero attached hydrogens (tertiary/aromatic N) is 2. The van der Waals surface area contributed by atoms with Gasteiger partial charge in [-0.3, -0.25) is 19.3 Å². The number of rotatable bonds is 9. The van der Waals surface area contributed by atoms with E-state index in [4.69, 9.17) is 9.47 Å². The number of ether oxygens (including phenoxy) is 2. The lowest BCUT2D eigenvalue weighted by atomic mass is 9.56. The Bertz CT molecular complexity index is 1530. The van der Waals surface area contributed by atoms with Gasteiger partial charge >= 0.3 is 11.9 Å². The maximum Gasteiger partial charge on any atom is 0.308 e. The standard InChI is InChI=1S/C37H44N2O5/c1-6-17-38-18-16-37(31-12-9-13-33(20-31)43-26(4)40)22-32(21-35(34(37)24-38)44-27(5)41)39(23-25(2)3)36(42)30-15-14-28-10-7-8-11-29(28)19-30/h6-15,19-20,25,32,34-35H,1,16-18,21-24H2,2-5H3/t32-,34-,35?,37-/m0/s1. The van der Waals surface area contributed by atoms with Gasteiger partial charge in [0.05, 0.1) is 0 Å². The highest BCUT2D eigenvalue weighted by Crippen LogP contribution is 2.51. The summed E-state index contributed by atoms with van der Waals surface area (Å²) < 4.78 is 11.7. The van der Waals surface area contributed by atoms with Crippen molar-refractivity contribution in [2.75, 3.05) is 26.2 Å². The minimum absolute atomic E-state index is 0.0117. The molecule has 1 aliphatic carbocycles. The molecule has 3 aromatic rings. The van der Waals surface area contributed by atoms with Gasteiger partial charge in [-0.2, -0.15) is 0 Å². The minimum atomic E-state index is -0.407. The fourth-order valence-corrected chi connectivity index (χ4v) is 7.47. The average Bonchev–Trinajstić information content (AvgIpc) is 2.99. The van der Waals surface area contributed by atoms with Crippen molar-refractivity contribution in [3.8, 4) is 5.75 Å². The maximum absolute atomic E-state index is 14.4. The number of benzene rings is 3. The first-order valence-corrected chi connectivity index (χ1v) is 15.7. The summed E-state index contributed by atoms with van der Waals surface area (Å²) in [5, 5.41) is 2.12. The molecule has 4 atom stereocenters. The number of carbonyl (C=O) groups is 3. The zero-order valence-electron chi connectivity index (χ0n) is 26.3. The average molecular weight is 597 g/mol. The first-order chi connectivity index (χ1) is 21.1. The second-order valence-electron chi connectivity index (χ2n) is 12.8. The third kappa shape index (κ3) is 6.73. The fourth-order valence-electron chi connectivity index (χ4n) is 7.47. The van der Waals surface area contributed by atoms with E-state index in [1.807, 2.05) is 65.6 Å². The quantitative estimate of drug-likeness (QED) is 0.162. The molecule has 0 aromatic heterocycles. The van der Waals surface area contributed by atoms with Crippen LogP contribution in [0.3, 0.4) is 0 Å². The van der Waals surface area contributed by atoms with E-state index in [9.17, 15) is 14.4 Å². The topological polar surface area (TPSA) is 76.2 Å². The Morgan fingerprint density at radius 2 is 1.80 bits per heavy atom. The van der Waals surface area contributed by atoms with Crippen LogP contribution >= 0.6 is 0 Å². The molecule has 2 aliphatic rings.